The Morgan fingerprint density at radius 3 is 2.76 bits per heavy atom. The summed E-state index contributed by atoms with van der Waals surface area (Å²) in [5.41, 5.74) is 1.93. The molecular formula is C14H11NO2. The third kappa shape index (κ3) is 1.98. The fourth-order valence-corrected chi connectivity index (χ4v) is 1.69. The minimum absolute atomic E-state index is 0.368. The van der Waals surface area contributed by atoms with Gasteiger partial charge in [-0.15, -0.1) is 6.42 Å². The molecule has 0 unspecified atom stereocenters. The van der Waals surface area contributed by atoms with E-state index in [4.69, 9.17) is 11.2 Å². The molecule has 0 saturated heterocycles. The van der Waals surface area contributed by atoms with Crippen LogP contribution >= 0.6 is 0 Å². The summed E-state index contributed by atoms with van der Waals surface area (Å²) in [5.74, 6) is 2.63. The lowest BCUT2D eigenvalue weighted by Crippen LogP contribution is -2.05. The van der Waals surface area contributed by atoms with Gasteiger partial charge >= 0.3 is 5.97 Å². The van der Waals surface area contributed by atoms with E-state index in [1.54, 1.807) is 6.92 Å². The Morgan fingerprint density at radius 1 is 1.41 bits per heavy atom. The Labute approximate surface area is 99.4 Å². The molecule has 0 N–H and O–H groups in total. The van der Waals surface area contributed by atoms with Crippen LogP contribution in [0.4, 0.5) is 0 Å². The predicted octanol–water partition coefficient (Wildman–Crippen LogP) is 2.45. The lowest BCUT2D eigenvalue weighted by atomic mass is 10.1. The highest BCUT2D eigenvalue weighted by molar-refractivity contribution is 5.89. The quantitative estimate of drug-likeness (QED) is 0.552. The van der Waals surface area contributed by atoms with Crippen molar-refractivity contribution in [1.82, 2.24) is 4.98 Å². The van der Waals surface area contributed by atoms with Crippen molar-refractivity contribution in [2.75, 3.05) is 0 Å². The van der Waals surface area contributed by atoms with E-state index in [2.05, 4.69) is 10.9 Å². The SMILES string of the molecule is C#Cc1nc2ccccc2c(OC(C)=O)c1C. The molecule has 0 saturated carbocycles. The molecule has 2 aromatic rings. The van der Waals surface area contributed by atoms with Crippen LogP contribution in [0.25, 0.3) is 10.9 Å². The van der Waals surface area contributed by atoms with E-state index in [9.17, 15) is 4.79 Å². The van der Waals surface area contributed by atoms with E-state index in [0.29, 0.717) is 17.0 Å². The van der Waals surface area contributed by atoms with E-state index in [1.807, 2.05) is 24.3 Å². The summed E-state index contributed by atoms with van der Waals surface area (Å²) in [5, 5.41) is 0.791. The van der Waals surface area contributed by atoms with E-state index in [1.165, 1.54) is 6.92 Å². The van der Waals surface area contributed by atoms with Crippen LogP contribution in [0.15, 0.2) is 24.3 Å². The number of para-hydroxylation sites is 1. The highest BCUT2D eigenvalue weighted by Gasteiger charge is 2.12. The number of hydrogen-bond donors (Lipinski definition) is 0. The Morgan fingerprint density at radius 2 is 2.12 bits per heavy atom. The van der Waals surface area contributed by atoms with Crippen LogP contribution in [0.3, 0.4) is 0 Å². The van der Waals surface area contributed by atoms with Crippen LogP contribution in [0.5, 0.6) is 5.75 Å². The Balaban J connectivity index is 2.81. The lowest BCUT2D eigenvalue weighted by molar-refractivity contribution is -0.131. The molecule has 84 valence electrons. The maximum atomic E-state index is 11.1. The third-order valence-corrected chi connectivity index (χ3v) is 2.46. The fourth-order valence-electron chi connectivity index (χ4n) is 1.69. The summed E-state index contributed by atoms with van der Waals surface area (Å²) in [7, 11) is 0. The number of aromatic nitrogens is 1. The molecule has 1 aromatic heterocycles. The second-order valence-corrected chi connectivity index (χ2v) is 3.67. The summed E-state index contributed by atoms with van der Waals surface area (Å²) in [4.78, 5) is 15.4. The number of benzene rings is 1. The third-order valence-electron chi connectivity index (χ3n) is 2.46. The second kappa shape index (κ2) is 4.26. The molecule has 2 rings (SSSR count). The number of pyridine rings is 1. The van der Waals surface area contributed by atoms with E-state index < -0.39 is 0 Å². The molecule has 17 heavy (non-hydrogen) atoms. The number of ether oxygens (including phenoxy) is 1. The van der Waals surface area contributed by atoms with Crippen LogP contribution in [0.1, 0.15) is 18.2 Å². The molecule has 0 aliphatic heterocycles. The summed E-state index contributed by atoms with van der Waals surface area (Å²) in [6.07, 6.45) is 5.39. The van der Waals surface area contributed by atoms with Gasteiger partial charge < -0.3 is 4.74 Å². The molecule has 0 aliphatic carbocycles. The monoisotopic (exact) mass is 225 g/mol. The van der Waals surface area contributed by atoms with E-state index >= 15 is 0 Å². The van der Waals surface area contributed by atoms with Gasteiger partial charge in [0.25, 0.3) is 0 Å². The number of terminal acetylenes is 1. The summed E-state index contributed by atoms with van der Waals surface area (Å²) in [6, 6.07) is 7.42. The average molecular weight is 225 g/mol. The Bertz CT molecular complexity index is 638. The normalized spacial score (nSPS) is 9.94. The number of carbonyl (C=O) groups is 1. The van der Waals surface area contributed by atoms with Gasteiger partial charge in [0, 0.05) is 17.9 Å². The molecular weight excluding hydrogens is 214 g/mol. The highest BCUT2D eigenvalue weighted by atomic mass is 16.5. The van der Waals surface area contributed by atoms with Crippen molar-refractivity contribution in [3.63, 3.8) is 0 Å². The molecule has 0 aliphatic rings. The number of nitrogens with zero attached hydrogens (tertiary/aromatic N) is 1. The molecule has 0 fully saturated rings. The fraction of sp³-hybridized carbons (Fsp3) is 0.143. The van der Waals surface area contributed by atoms with Gasteiger partial charge in [-0.25, -0.2) is 4.98 Å². The predicted molar refractivity (Wildman–Crippen MR) is 65.7 cm³/mol. The van der Waals surface area contributed by atoms with Crippen LogP contribution in [-0.4, -0.2) is 11.0 Å². The second-order valence-electron chi connectivity index (χ2n) is 3.67. The van der Waals surface area contributed by atoms with Crippen molar-refractivity contribution in [3.8, 4) is 18.1 Å². The molecule has 3 heteroatoms. The van der Waals surface area contributed by atoms with Crippen molar-refractivity contribution < 1.29 is 9.53 Å². The minimum atomic E-state index is -0.368. The molecule has 1 aromatic carbocycles. The van der Waals surface area contributed by atoms with Crippen LogP contribution in [0.2, 0.25) is 0 Å². The molecule has 0 spiro atoms. The summed E-state index contributed by atoms with van der Waals surface area (Å²) >= 11 is 0. The Kier molecular flexibility index (Phi) is 2.80. The van der Waals surface area contributed by atoms with Gasteiger partial charge in [-0.3, -0.25) is 4.79 Å². The lowest BCUT2D eigenvalue weighted by Gasteiger charge is -2.10. The first-order chi connectivity index (χ1) is 8.13. The first-order valence-corrected chi connectivity index (χ1v) is 5.18. The molecule has 0 bridgehead atoms. The number of esters is 1. The molecule has 3 nitrogen and oxygen atoms in total. The first kappa shape index (κ1) is 11.2. The van der Waals surface area contributed by atoms with Gasteiger partial charge in [0.1, 0.15) is 11.4 Å². The van der Waals surface area contributed by atoms with Gasteiger partial charge in [0.05, 0.1) is 5.52 Å². The van der Waals surface area contributed by atoms with Crippen LogP contribution in [-0.2, 0) is 4.79 Å². The first-order valence-electron chi connectivity index (χ1n) is 5.18. The van der Waals surface area contributed by atoms with Crippen molar-refractivity contribution in [2.24, 2.45) is 0 Å². The summed E-state index contributed by atoms with van der Waals surface area (Å²) < 4.78 is 5.23. The van der Waals surface area contributed by atoms with E-state index in [0.717, 1.165) is 10.9 Å². The van der Waals surface area contributed by atoms with Gasteiger partial charge in [-0.05, 0) is 25.0 Å². The molecule has 0 atom stereocenters. The highest BCUT2D eigenvalue weighted by Crippen LogP contribution is 2.30. The van der Waals surface area contributed by atoms with Crippen LogP contribution in [0, 0.1) is 19.3 Å². The van der Waals surface area contributed by atoms with Crippen molar-refractivity contribution >= 4 is 16.9 Å². The number of hydrogen-bond acceptors (Lipinski definition) is 3. The zero-order valence-corrected chi connectivity index (χ0v) is 9.65. The zero-order chi connectivity index (χ0) is 12.4. The van der Waals surface area contributed by atoms with Gasteiger partial charge in [-0.2, -0.15) is 0 Å². The number of rotatable bonds is 1. The maximum Gasteiger partial charge on any atom is 0.308 e. The number of carbonyl (C=O) groups excluding carboxylic acids is 1. The molecule has 0 amide bonds. The topological polar surface area (TPSA) is 39.2 Å². The molecule has 1 heterocycles. The van der Waals surface area contributed by atoms with Crippen molar-refractivity contribution in [1.29, 1.82) is 0 Å². The van der Waals surface area contributed by atoms with Gasteiger partial charge in [0.15, 0.2) is 0 Å². The average Bonchev–Trinajstić information content (AvgIpc) is 2.32. The zero-order valence-electron chi connectivity index (χ0n) is 9.65. The van der Waals surface area contributed by atoms with Crippen molar-refractivity contribution in [2.45, 2.75) is 13.8 Å². The van der Waals surface area contributed by atoms with Crippen LogP contribution < -0.4 is 4.74 Å². The molecule has 0 radical (unpaired) electrons. The number of fused-ring (bicyclic) bond motifs is 1. The minimum Gasteiger partial charge on any atom is -0.426 e. The largest absolute Gasteiger partial charge is 0.426 e. The smallest absolute Gasteiger partial charge is 0.308 e. The van der Waals surface area contributed by atoms with E-state index in [-0.39, 0.29) is 5.97 Å². The van der Waals surface area contributed by atoms with Gasteiger partial charge in [-0.1, -0.05) is 12.1 Å². The van der Waals surface area contributed by atoms with Gasteiger partial charge in [0.2, 0.25) is 0 Å². The Hall–Kier alpha value is -2.34. The summed E-state index contributed by atoms with van der Waals surface area (Å²) in [6.45, 7) is 3.16. The maximum absolute atomic E-state index is 11.1. The standard InChI is InChI=1S/C14H11NO2/c1-4-12-9(2)14(17-10(3)16)11-7-5-6-8-13(11)15-12/h1,5-8H,2-3H3. The van der Waals surface area contributed by atoms with Crippen molar-refractivity contribution in [3.05, 3.63) is 35.5 Å².